The summed E-state index contributed by atoms with van der Waals surface area (Å²) in [6.45, 7) is 0.868. The molecular formula is C17H20N2O4S2. The molecule has 0 radical (unpaired) electrons. The molecule has 1 amide bonds. The number of likely N-dealkylation sites (tertiary alicyclic amines) is 1. The standard InChI is InChI=1S/C17H20N2O4S2/c1-24-16-15(5-2-8-18-16)17(20)19-9-6-14(7-10-19)25(21,22)12-13-4-3-11-23-13/h2-5,8,11,14H,6-7,9-10,12H2,1H3. The van der Waals surface area contributed by atoms with Crippen molar-refractivity contribution in [3.63, 3.8) is 0 Å². The lowest BCUT2D eigenvalue weighted by atomic mass is 10.1. The van der Waals surface area contributed by atoms with Gasteiger partial charge in [-0.05, 0) is 43.4 Å². The summed E-state index contributed by atoms with van der Waals surface area (Å²) >= 11 is 1.43. The molecule has 0 aromatic carbocycles. The van der Waals surface area contributed by atoms with Crippen LogP contribution in [0.2, 0.25) is 0 Å². The van der Waals surface area contributed by atoms with E-state index in [4.69, 9.17) is 4.42 Å². The second-order valence-electron chi connectivity index (χ2n) is 5.94. The van der Waals surface area contributed by atoms with Crippen molar-refractivity contribution in [2.24, 2.45) is 0 Å². The topological polar surface area (TPSA) is 80.5 Å². The molecule has 6 nitrogen and oxygen atoms in total. The van der Waals surface area contributed by atoms with Crippen LogP contribution in [0, 0.1) is 0 Å². The Labute approximate surface area is 151 Å². The summed E-state index contributed by atoms with van der Waals surface area (Å²) in [7, 11) is -3.28. The van der Waals surface area contributed by atoms with Gasteiger partial charge >= 0.3 is 0 Å². The minimum atomic E-state index is -3.28. The molecule has 0 atom stereocenters. The van der Waals surface area contributed by atoms with Crippen molar-refractivity contribution in [2.45, 2.75) is 28.9 Å². The number of pyridine rings is 1. The molecule has 1 fully saturated rings. The fraction of sp³-hybridized carbons (Fsp3) is 0.412. The Kier molecular flexibility index (Phi) is 5.48. The van der Waals surface area contributed by atoms with Gasteiger partial charge in [0, 0.05) is 19.3 Å². The highest BCUT2D eigenvalue weighted by atomic mass is 32.2. The summed E-state index contributed by atoms with van der Waals surface area (Å²) in [6, 6.07) is 6.86. The Morgan fingerprint density at radius 1 is 1.32 bits per heavy atom. The molecule has 2 aromatic heterocycles. The van der Waals surface area contributed by atoms with Crippen molar-refractivity contribution in [3.05, 3.63) is 48.0 Å². The second kappa shape index (κ2) is 7.61. The van der Waals surface area contributed by atoms with Gasteiger partial charge in [-0.15, -0.1) is 11.8 Å². The summed E-state index contributed by atoms with van der Waals surface area (Å²) < 4.78 is 30.2. The van der Waals surface area contributed by atoms with E-state index in [9.17, 15) is 13.2 Å². The third-order valence-electron chi connectivity index (χ3n) is 4.36. The average molecular weight is 380 g/mol. The van der Waals surface area contributed by atoms with Gasteiger partial charge in [-0.25, -0.2) is 13.4 Å². The van der Waals surface area contributed by atoms with E-state index in [2.05, 4.69) is 4.98 Å². The number of thioether (sulfide) groups is 1. The highest BCUT2D eigenvalue weighted by Gasteiger charge is 2.33. The third-order valence-corrected chi connectivity index (χ3v) is 7.24. The van der Waals surface area contributed by atoms with Gasteiger partial charge in [-0.2, -0.15) is 0 Å². The lowest BCUT2D eigenvalue weighted by Crippen LogP contribution is -2.43. The van der Waals surface area contributed by atoms with Crippen LogP contribution in [0.15, 0.2) is 46.2 Å². The van der Waals surface area contributed by atoms with E-state index in [1.165, 1.54) is 18.0 Å². The van der Waals surface area contributed by atoms with Gasteiger partial charge in [0.15, 0.2) is 9.84 Å². The summed E-state index contributed by atoms with van der Waals surface area (Å²) in [5.74, 6) is 0.287. The van der Waals surface area contributed by atoms with E-state index >= 15 is 0 Å². The van der Waals surface area contributed by atoms with Gasteiger partial charge in [-0.3, -0.25) is 4.79 Å². The highest BCUT2D eigenvalue weighted by molar-refractivity contribution is 7.98. The number of furan rings is 1. The molecule has 0 N–H and O–H groups in total. The molecule has 3 rings (SSSR count). The Balaban J connectivity index is 1.64. The predicted octanol–water partition coefficient (Wildman–Crippen LogP) is 2.62. The van der Waals surface area contributed by atoms with Crippen LogP contribution in [0.5, 0.6) is 0 Å². The van der Waals surface area contributed by atoms with E-state index in [1.807, 2.05) is 6.26 Å². The van der Waals surface area contributed by atoms with Crippen molar-refractivity contribution in [3.8, 4) is 0 Å². The summed E-state index contributed by atoms with van der Waals surface area (Å²) in [6.07, 6.45) is 5.92. The summed E-state index contributed by atoms with van der Waals surface area (Å²) in [4.78, 5) is 18.6. The molecule has 0 bridgehead atoms. The number of rotatable bonds is 5. The first-order valence-electron chi connectivity index (χ1n) is 8.03. The molecule has 8 heteroatoms. The molecule has 0 spiro atoms. The Hall–Kier alpha value is -1.80. The van der Waals surface area contributed by atoms with Crippen LogP contribution >= 0.6 is 11.8 Å². The Morgan fingerprint density at radius 3 is 2.72 bits per heavy atom. The van der Waals surface area contributed by atoms with Crippen LogP contribution in [0.1, 0.15) is 29.0 Å². The van der Waals surface area contributed by atoms with E-state index in [-0.39, 0.29) is 11.7 Å². The lowest BCUT2D eigenvalue weighted by molar-refractivity contribution is 0.0721. The maximum Gasteiger partial charge on any atom is 0.256 e. The quantitative estimate of drug-likeness (QED) is 0.742. The smallest absolute Gasteiger partial charge is 0.256 e. The Morgan fingerprint density at radius 2 is 2.08 bits per heavy atom. The molecule has 2 aromatic rings. The minimum Gasteiger partial charge on any atom is -0.468 e. The average Bonchev–Trinajstić information content (AvgIpc) is 3.13. The number of piperidine rings is 1. The van der Waals surface area contributed by atoms with Crippen molar-refractivity contribution < 1.29 is 17.6 Å². The van der Waals surface area contributed by atoms with E-state index in [0.29, 0.717) is 42.3 Å². The maximum atomic E-state index is 12.7. The lowest BCUT2D eigenvalue weighted by Gasteiger charge is -2.32. The summed E-state index contributed by atoms with van der Waals surface area (Å²) in [5, 5.41) is 0.260. The molecule has 0 aliphatic carbocycles. The van der Waals surface area contributed by atoms with Crippen LogP contribution in [-0.2, 0) is 15.6 Å². The van der Waals surface area contributed by atoms with Crippen molar-refractivity contribution in [1.29, 1.82) is 0 Å². The highest BCUT2D eigenvalue weighted by Crippen LogP contribution is 2.25. The molecule has 25 heavy (non-hydrogen) atoms. The zero-order valence-electron chi connectivity index (χ0n) is 13.9. The number of carbonyl (C=O) groups is 1. The number of hydrogen-bond donors (Lipinski definition) is 0. The first-order chi connectivity index (χ1) is 12.0. The minimum absolute atomic E-state index is 0.0840. The molecule has 1 aliphatic heterocycles. The molecular weight excluding hydrogens is 360 g/mol. The SMILES string of the molecule is CSc1ncccc1C(=O)N1CCC(S(=O)(=O)Cc2ccco2)CC1. The van der Waals surface area contributed by atoms with Crippen LogP contribution in [0.4, 0.5) is 0 Å². The van der Waals surface area contributed by atoms with Gasteiger partial charge in [-0.1, -0.05) is 0 Å². The predicted molar refractivity (Wildman–Crippen MR) is 96.3 cm³/mol. The number of sulfone groups is 1. The van der Waals surface area contributed by atoms with Crippen molar-refractivity contribution in [2.75, 3.05) is 19.3 Å². The van der Waals surface area contributed by atoms with Crippen LogP contribution in [0.25, 0.3) is 0 Å². The third kappa shape index (κ3) is 4.07. The largest absolute Gasteiger partial charge is 0.468 e. The first-order valence-corrected chi connectivity index (χ1v) is 11.0. The molecule has 1 saturated heterocycles. The molecule has 3 heterocycles. The number of amides is 1. The zero-order chi connectivity index (χ0) is 17.9. The van der Waals surface area contributed by atoms with Crippen LogP contribution in [-0.4, -0.2) is 48.8 Å². The molecule has 0 saturated carbocycles. The second-order valence-corrected chi connectivity index (χ2v) is 9.01. The monoisotopic (exact) mass is 380 g/mol. The first kappa shape index (κ1) is 18.0. The number of aromatic nitrogens is 1. The number of hydrogen-bond acceptors (Lipinski definition) is 6. The van der Waals surface area contributed by atoms with E-state index in [1.54, 1.807) is 35.4 Å². The number of nitrogens with zero attached hydrogens (tertiary/aromatic N) is 2. The van der Waals surface area contributed by atoms with Gasteiger partial charge in [0.1, 0.15) is 16.5 Å². The van der Waals surface area contributed by atoms with Crippen molar-refractivity contribution in [1.82, 2.24) is 9.88 Å². The van der Waals surface area contributed by atoms with Gasteiger partial charge < -0.3 is 9.32 Å². The Bertz CT molecular complexity index is 826. The fourth-order valence-electron chi connectivity index (χ4n) is 3.02. The summed E-state index contributed by atoms with van der Waals surface area (Å²) in [5.41, 5.74) is 0.576. The van der Waals surface area contributed by atoms with E-state index < -0.39 is 15.1 Å². The van der Waals surface area contributed by atoms with Gasteiger partial charge in [0.2, 0.25) is 0 Å². The van der Waals surface area contributed by atoms with Gasteiger partial charge in [0.05, 0.1) is 17.1 Å². The van der Waals surface area contributed by atoms with Crippen molar-refractivity contribution >= 4 is 27.5 Å². The normalized spacial score (nSPS) is 16.1. The van der Waals surface area contributed by atoms with Gasteiger partial charge in [0.25, 0.3) is 5.91 Å². The van der Waals surface area contributed by atoms with E-state index in [0.717, 1.165) is 0 Å². The zero-order valence-corrected chi connectivity index (χ0v) is 15.6. The van der Waals surface area contributed by atoms with Crippen LogP contribution < -0.4 is 0 Å². The fourth-order valence-corrected chi connectivity index (χ4v) is 5.28. The maximum absolute atomic E-state index is 12.7. The molecule has 134 valence electrons. The molecule has 1 aliphatic rings. The molecule has 0 unspecified atom stereocenters. The van der Waals surface area contributed by atoms with Crippen LogP contribution in [0.3, 0.4) is 0 Å². The number of carbonyl (C=O) groups excluding carboxylic acids is 1.